The first kappa shape index (κ1) is 22.5. The number of carbonyl (C=O) groups excluding carboxylic acids is 2. The Morgan fingerprint density at radius 1 is 1.00 bits per heavy atom. The minimum absolute atomic E-state index is 0.0133. The molecule has 33 heavy (non-hydrogen) atoms. The van der Waals surface area contributed by atoms with Crippen molar-refractivity contribution in [2.45, 2.75) is 19.0 Å². The first-order valence-electron chi connectivity index (χ1n) is 10.4. The number of ketones is 1. The number of aromatic nitrogens is 5. The highest BCUT2D eigenvalue weighted by atomic mass is 32.2. The fraction of sp³-hybridized carbons (Fsp3) is 0.208. The summed E-state index contributed by atoms with van der Waals surface area (Å²) >= 11 is 1.30. The van der Waals surface area contributed by atoms with Crippen molar-refractivity contribution in [3.05, 3.63) is 65.9 Å². The van der Waals surface area contributed by atoms with Crippen LogP contribution in [0.15, 0.2) is 59.9 Å². The van der Waals surface area contributed by atoms with Crippen LogP contribution < -0.4 is 5.32 Å². The van der Waals surface area contributed by atoms with Gasteiger partial charge in [0.2, 0.25) is 5.91 Å². The van der Waals surface area contributed by atoms with E-state index in [-0.39, 0.29) is 17.4 Å². The molecule has 0 aliphatic heterocycles. The quantitative estimate of drug-likeness (QED) is 0.329. The van der Waals surface area contributed by atoms with Crippen molar-refractivity contribution in [1.29, 1.82) is 0 Å². The zero-order chi connectivity index (χ0) is 23.5. The van der Waals surface area contributed by atoms with Gasteiger partial charge >= 0.3 is 0 Å². The number of aryl methyl sites for hydroxylation is 2. The molecule has 0 bridgehead atoms. The third-order valence-electron chi connectivity index (χ3n) is 5.14. The second kappa shape index (κ2) is 9.41. The summed E-state index contributed by atoms with van der Waals surface area (Å²) in [5.41, 5.74) is 5.14. The minimum atomic E-state index is -0.165. The molecule has 0 aliphatic rings. The van der Waals surface area contributed by atoms with E-state index in [1.807, 2.05) is 43.9 Å². The van der Waals surface area contributed by atoms with E-state index < -0.39 is 0 Å². The second-order valence-electron chi connectivity index (χ2n) is 7.77. The van der Waals surface area contributed by atoms with E-state index in [0.29, 0.717) is 22.2 Å². The molecule has 0 saturated heterocycles. The fourth-order valence-electron chi connectivity index (χ4n) is 3.37. The van der Waals surface area contributed by atoms with Crippen LogP contribution in [-0.2, 0) is 18.9 Å². The third-order valence-corrected chi connectivity index (χ3v) is 6.16. The van der Waals surface area contributed by atoms with E-state index >= 15 is 0 Å². The number of anilines is 1. The van der Waals surface area contributed by atoms with Gasteiger partial charge in [0.05, 0.1) is 11.3 Å². The zero-order valence-corrected chi connectivity index (χ0v) is 19.7. The minimum Gasteiger partial charge on any atom is -0.325 e. The maximum absolute atomic E-state index is 12.4. The number of nitrogens with one attached hydrogen (secondary N) is 1. The number of nitrogens with zero attached hydrogens (tertiary/aromatic N) is 5. The van der Waals surface area contributed by atoms with Crippen LogP contribution in [0.1, 0.15) is 22.8 Å². The van der Waals surface area contributed by atoms with Gasteiger partial charge in [0.15, 0.2) is 16.8 Å². The number of thioether (sulfide) groups is 1. The number of rotatable bonds is 7. The monoisotopic (exact) mass is 460 g/mol. The van der Waals surface area contributed by atoms with Crippen molar-refractivity contribution in [1.82, 2.24) is 24.5 Å². The molecule has 0 atom stereocenters. The molecule has 2 aromatic heterocycles. The Bertz CT molecular complexity index is 1310. The SMILES string of the molecule is CC(=O)c1ccc(NC(=O)CSc2nnc(-c3cn(C)nc3-c3ccc(C)cc3)n2C)cc1. The molecule has 8 nitrogen and oxygen atoms in total. The summed E-state index contributed by atoms with van der Waals surface area (Å²) in [6.07, 6.45) is 1.92. The Morgan fingerprint density at radius 3 is 2.36 bits per heavy atom. The highest BCUT2D eigenvalue weighted by Crippen LogP contribution is 2.31. The number of Topliss-reactive ketones (excluding diaryl/α,β-unsaturated/α-hetero) is 1. The van der Waals surface area contributed by atoms with Crippen LogP contribution in [0.3, 0.4) is 0 Å². The lowest BCUT2D eigenvalue weighted by molar-refractivity contribution is -0.113. The smallest absolute Gasteiger partial charge is 0.234 e. The average Bonchev–Trinajstić information content (AvgIpc) is 3.35. The van der Waals surface area contributed by atoms with Crippen molar-refractivity contribution >= 4 is 29.1 Å². The van der Waals surface area contributed by atoms with Crippen LogP contribution in [0.2, 0.25) is 0 Å². The van der Waals surface area contributed by atoms with Crippen LogP contribution in [0, 0.1) is 6.92 Å². The number of benzene rings is 2. The lowest BCUT2D eigenvalue weighted by atomic mass is 10.1. The van der Waals surface area contributed by atoms with Gasteiger partial charge in [-0.3, -0.25) is 14.3 Å². The number of carbonyl (C=O) groups is 2. The number of hydrogen-bond donors (Lipinski definition) is 1. The highest BCUT2D eigenvalue weighted by Gasteiger charge is 2.19. The normalized spacial score (nSPS) is 10.9. The van der Waals surface area contributed by atoms with Gasteiger partial charge in [0.1, 0.15) is 5.69 Å². The molecule has 2 heterocycles. The van der Waals surface area contributed by atoms with Crippen molar-refractivity contribution in [2.24, 2.45) is 14.1 Å². The molecule has 0 saturated carbocycles. The van der Waals surface area contributed by atoms with E-state index in [4.69, 9.17) is 0 Å². The van der Waals surface area contributed by atoms with E-state index in [9.17, 15) is 9.59 Å². The van der Waals surface area contributed by atoms with Crippen LogP contribution in [0.25, 0.3) is 22.6 Å². The summed E-state index contributed by atoms with van der Waals surface area (Å²) < 4.78 is 3.63. The summed E-state index contributed by atoms with van der Waals surface area (Å²) in [5, 5.41) is 16.7. The van der Waals surface area contributed by atoms with Gasteiger partial charge in [-0.1, -0.05) is 41.6 Å². The predicted octanol–water partition coefficient (Wildman–Crippen LogP) is 4.12. The molecule has 0 spiro atoms. The van der Waals surface area contributed by atoms with Crippen LogP contribution in [0.5, 0.6) is 0 Å². The zero-order valence-electron chi connectivity index (χ0n) is 18.9. The molecule has 4 rings (SSSR count). The number of amides is 1. The standard InChI is InChI=1S/C24H24N6O2S/c1-15-5-7-18(8-6-15)22-20(13-29(3)28-22)23-26-27-24(30(23)4)33-14-21(32)25-19-11-9-17(10-12-19)16(2)31/h5-13H,14H2,1-4H3,(H,25,32). The van der Waals surface area contributed by atoms with Crippen molar-refractivity contribution in [2.75, 3.05) is 11.1 Å². The Balaban J connectivity index is 1.47. The molecular weight excluding hydrogens is 436 g/mol. The van der Waals surface area contributed by atoms with E-state index in [2.05, 4.69) is 32.7 Å². The van der Waals surface area contributed by atoms with Crippen molar-refractivity contribution in [3.8, 4) is 22.6 Å². The van der Waals surface area contributed by atoms with E-state index in [1.165, 1.54) is 24.2 Å². The predicted molar refractivity (Wildman–Crippen MR) is 129 cm³/mol. The van der Waals surface area contributed by atoms with Crippen LogP contribution >= 0.6 is 11.8 Å². The summed E-state index contributed by atoms with van der Waals surface area (Å²) in [7, 11) is 3.75. The first-order chi connectivity index (χ1) is 15.8. The first-order valence-corrected chi connectivity index (χ1v) is 11.3. The lowest BCUT2D eigenvalue weighted by Crippen LogP contribution is -2.14. The summed E-state index contributed by atoms with van der Waals surface area (Å²) in [6.45, 7) is 3.56. The fourth-order valence-corrected chi connectivity index (χ4v) is 4.08. The second-order valence-corrected chi connectivity index (χ2v) is 8.71. The molecule has 168 valence electrons. The highest BCUT2D eigenvalue weighted by molar-refractivity contribution is 7.99. The molecule has 1 amide bonds. The Labute approximate surface area is 196 Å². The maximum atomic E-state index is 12.4. The molecule has 0 unspecified atom stereocenters. The topological polar surface area (TPSA) is 94.7 Å². The molecule has 0 aliphatic carbocycles. The number of hydrogen-bond acceptors (Lipinski definition) is 6. The summed E-state index contributed by atoms with van der Waals surface area (Å²) in [4.78, 5) is 23.8. The molecule has 0 fully saturated rings. The van der Waals surface area contributed by atoms with E-state index in [1.54, 1.807) is 28.9 Å². The van der Waals surface area contributed by atoms with Gasteiger partial charge in [-0.25, -0.2) is 0 Å². The Hall–Kier alpha value is -3.72. The van der Waals surface area contributed by atoms with Gasteiger partial charge in [-0.05, 0) is 38.1 Å². The van der Waals surface area contributed by atoms with E-state index in [0.717, 1.165) is 16.8 Å². The molecule has 0 radical (unpaired) electrons. The van der Waals surface area contributed by atoms with Gasteiger partial charge in [-0.15, -0.1) is 10.2 Å². The van der Waals surface area contributed by atoms with Crippen LogP contribution in [0.4, 0.5) is 5.69 Å². The lowest BCUT2D eigenvalue weighted by Gasteiger charge is -2.06. The summed E-state index contributed by atoms with van der Waals surface area (Å²) in [5.74, 6) is 0.682. The Morgan fingerprint density at radius 2 is 1.70 bits per heavy atom. The van der Waals surface area contributed by atoms with Crippen LogP contribution in [-0.4, -0.2) is 42.0 Å². The van der Waals surface area contributed by atoms with Gasteiger partial charge < -0.3 is 9.88 Å². The average molecular weight is 461 g/mol. The molecule has 1 N–H and O–H groups in total. The van der Waals surface area contributed by atoms with Gasteiger partial charge in [0.25, 0.3) is 0 Å². The molecular formula is C24H24N6O2S. The Kier molecular flexibility index (Phi) is 6.41. The molecule has 9 heteroatoms. The maximum Gasteiger partial charge on any atom is 0.234 e. The largest absolute Gasteiger partial charge is 0.325 e. The van der Waals surface area contributed by atoms with Crippen molar-refractivity contribution in [3.63, 3.8) is 0 Å². The van der Waals surface area contributed by atoms with Crippen molar-refractivity contribution < 1.29 is 9.59 Å². The van der Waals surface area contributed by atoms with Gasteiger partial charge in [-0.2, -0.15) is 5.10 Å². The third kappa shape index (κ3) is 5.04. The molecule has 4 aromatic rings. The summed E-state index contributed by atoms with van der Waals surface area (Å²) in [6, 6.07) is 15.0. The van der Waals surface area contributed by atoms with Gasteiger partial charge in [0, 0.05) is 37.1 Å². The molecule has 2 aromatic carbocycles.